The van der Waals surface area contributed by atoms with Crippen LogP contribution in [0.2, 0.25) is 0 Å². The van der Waals surface area contributed by atoms with Crippen molar-refractivity contribution in [2.75, 3.05) is 6.61 Å². The molecule has 0 aromatic heterocycles. The van der Waals surface area contributed by atoms with Gasteiger partial charge in [0.1, 0.15) is 5.75 Å². The maximum atomic E-state index is 5.70. The lowest BCUT2D eigenvalue weighted by Crippen LogP contribution is -2.12. The van der Waals surface area contributed by atoms with Crippen LogP contribution in [0.25, 0.3) is 0 Å². The van der Waals surface area contributed by atoms with Crippen molar-refractivity contribution in [2.45, 2.75) is 71.1 Å². The molecule has 28 heavy (non-hydrogen) atoms. The van der Waals surface area contributed by atoms with Crippen molar-refractivity contribution in [2.24, 2.45) is 5.92 Å². The molecule has 2 aromatic carbocycles. The normalized spacial score (nSPS) is 18.9. The van der Waals surface area contributed by atoms with Crippen molar-refractivity contribution >= 4 is 0 Å². The van der Waals surface area contributed by atoms with Gasteiger partial charge in [0.15, 0.2) is 0 Å². The van der Waals surface area contributed by atoms with Gasteiger partial charge in [0.25, 0.3) is 0 Å². The topological polar surface area (TPSA) is 9.23 Å². The second kappa shape index (κ2) is 11.0. The SMILES string of the molecule is CCCCc1ccc(C#CC2CCC(c3ccc(OCCC)cc3)CC2)cc1. The number of aryl methyl sites for hydroxylation is 1. The Kier molecular flexibility index (Phi) is 8.04. The zero-order valence-electron chi connectivity index (χ0n) is 17.5. The van der Waals surface area contributed by atoms with E-state index in [0.717, 1.165) is 24.3 Å². The second-order valence-electron chi connectivity index (χ2n) is 8.04. The Morgan fingerprint density at radius 3 is 2.21 bits per heavy atom. The molecule has 1 fully saturated rings. The van der Waals surface area contributed by atoms with Crippen LogP contribution >= 0.6 is 0 Å². The molecule has 3 rings (SSSR count). The highest BCUT2D eigenvalue weighted by Crippen LogP contribution is 2.36. The van der Waals surface area contributed by atoms with Crippen LogP contribution < -0.4 is 4.74 Å². The Morgan fingerprint density at radius 2 is 1.57 bits per heavy atom. The van der Waals surface area contributed by atoms with Crippen LogP contribution in [0.1, 0.15) is 81.4 Å². The van der Waals surface area contributed by atoms with E-state index in [1.807, 2.05) is 0 Å². The molecule has 0 unspecified atom stereocenters. The Hall–Kier alpha value is -2.20. The first-order valence-corrected chi connectivity index (χ1v) is 11.1. The van der Waals surface area contributed by atoms with Crippen molar-refractivity contribution in [1.29, 1.82) is 0 Å². The Bertz CT molecular complexity index is 753. The minimum Gasteiger partial charge on any atom is -0.494 e. The summed E-state index contributed by atoms with van der Waals surface area (Å²) in [5.41, 5.74) is 4.04. The summed E-state index contributed by atoms with van der Waals surface area (Å²) in [5, 5.41) is 0. The van der Waals surface area contributed by atoms with Crippen molar-refractivity contribution in [3.05, 3.63) is 65.2 Å². The Morgan fingerprint density at radius 1 is 0.857 bits per heavy atom. The molecule has 0 bridgehead atoms. The summed E-state index contributed by atoms with van der Waals surface area (Å²) in [6.07, 6.45) is 9.65. The predicted molar refractivity (Wildman–Crippen MR) is 119 cm³/mol. The lowest BCUT2D eigenvalue weighted by molar-refractivity contribution is 0.317. The number of hydrogen-bond acceptors (Lipinski definition) is 1. The van der Waals surface area contributed by atoms with Crippen LogP contribution in [0.3, 0.4) is 0 Å². The van der Waals surface area contributed by atoms with Gasteiger partial charge in [-0.25, -0.2) is 0 Å². The van der Waals surface area contributed by atoms with Crippen LogP contribution in [-0.4, -0.2) is 6.61 Å². The van der Waals surface area contributed by atoms with Gasteiger partial charge in [0.2, 0.25) is 0 Å². The zero-order valence-corrected chi connectivity index (χ0v) is 17.5. The Labute approximate surface area is 171 Å². The molecule has 0 spiro atoms. The zero-order chi connectivity index (χ0) is 19.6. The molecular weight excluding hydrogens is 340 g/mol. The molecule has 0 aliphatic heterocycles. The van der Waals surface area contributed by atoms with E-state index in [0.29, 0.717) is 11.8 Å². The first-order chi connectivity index (χ1) is 13.8. The molecule has 0 saturated heterocycles. The molecule has 1 nitrogen and oxygen atoms in total. The van der Waals surface area contributed by atoms with E-state index in [1.165, 1.54) is 56.1 Å². The van der Waals surface area contributed by atoms with Crippen molar-refractivity contribution in [1.82, 2.24) is 0 Å². The van der Waals surface area contributed by atoms with Gasteiger partial charge >= 0.3 is 0 Å². The highest BCUT2D eigenvalue weighted by atomic mass is 16.5. The molecule has 148 valence electrons. The van der Waals surface area contributed by atoms with E-state index in [-0.39, 0.29) is 0 Å². The van der Waals surface area contributed by atoms with Crippen LogP contribution in [0, 0.1) is 17.8 Å². The van der Waals surface area contributed by atoms with Gasteiger partial charge in [0, 0.05) is 11.5 Å². The van der Waals surface area contributed by atoms with Gasteiger partial charge in [-0.3, -0.25) is 0 Å². The summed E-state index contributed by atoms with van der Waals surface area (Å²) in [7, 11) is 0. The first-order valence-electron chi connectivity index (χ1n) is 11.1. The van der Waals surface area contributed by atoms with Gasteiger partial charge in [-0.1, -0.05) is 56.4 Å². The van der Waals surface area contributed by atoms with Crippen LogP contribution in [-0.2, 0) is 6.42 Å². The molecule has 2 aromatic rings. The Balaban J connectivity index is 1.48. The van der Waals surface area contributed by atoms with E-state index in [9.17, 15) is 0 Å². The van der Waals surface area contributed by atoms with Crippen molar-refractivity contribution < 1.29 is 4.74 Å². The largest absolute Gasteiger partial charge is 0.494 e. The maximum absolute atomic E-state index is 5.70. The monoisotopic (exact) mass is 374 g/mol. The molecule has 0 radical (unpaired) electrons. The molecule has 1 saturated carbocycles. The molecule has 1 aliphatic rings. The minimum absolute atomic E-state index is 0.545. The van der Waals surface area contributed by atoms with Crippen molar-refractivity contribution in [3.8, 4) is 17.6 Å². The first kappa shape index (κ1) is 20.5. The van der Waals surface area contributed by atoms with E-state index in [2.05, 4.69) is 74.2 Å². The molecule has 1 aliphatic carbocycles. The smallest absolute Gasteiger partial charge is 0.119 e. The predicted octanol–water partition coefficient (Wildman–Crippen LogP) is 7.14. The van der Waals surface area contributed by atoms with Crippen molar-refractivity contribution in [3.63, 3.8) is 0 Å². The number of rotatable bonds is 7. The van der Waals surface area contributed by atoms with E-state index in [4.69, 9.17) is 4.74 Å². The van der Waals surface area contributed by atoms with Gasteiger partial charge in [-0.15, -0.1) is 0 Å². The average Bonchev–Trinajstić information content (AvgIpc) is 2.76. The summed E-state index contributed by atoms with van der Waals surface area (Å²) in [5.74, 6) is 9.16. The second-order valence-corrected chi connectivity index (χ2v) is 8.04. The standard InChI is InChI=1S/C27H34O/c1-3-5-6-22-7-9-23(10-8-22)11-12-24-13-15-25(16-14-24)26-17-19-27(20-18-26)28-21-4-2/h7-10,17-20,24-25H,3-6,13-16,21H2,1-2H3. The highest BCUT2D eigenvalue weighted by molar-refractivity contribution is 5.37. The molecule has 1 heteroatoms. The minimum atomic E-state index is 0.545. The maximum Gasteiger partial charge on any atom is 0.119 e. The van der Waals surface area contributed by atoms with E-state index >= 15 is 0 Å². The fraction of sp³-hybridized carbons (Fsp3) is 0.481. The van der Waals surface area contributed by atoms with Gasteiger partial charge in [-0.2, -0.15) is 0 Å². The lowest BCUT2D eigenvalue weighted by Gasteiger charge is -2.26. The molecule has 0 atom stereocenters. The molecule has 0 heterocycles. The van der Waals surface area contributed by atoms with Gasteiger partial charge < -0.3 is 4.74 Å². The lowest BCUT2D eigenvalue weighted by atomic mass is 9.79. The summed E-state index contributed by atoms with van der Waals surface area (Å²) >= 11 is 0. The third kappa shape index (κ3) is 6.16. The fourth-order valence-electron chi connectivity index (χ4n) is 3.95. The van der Waals surface area contributed by atoms with Crippen LogP contribution in [0.15, 0.2) is 48.5 Å². The van der Waals surface area contributed by atoms with E-state index in [1.54, 1.807) is 0 Å². The van der Waals surface area contributed by atoms with Crippen LogP contribution in [0.4, 0.5) is 0 Å². The summed E-state index contributed by atoms with van der Waals surface area (Å²) in [4.78, 5) is 0. The van der Waals surface area contributed by atoms with E-state index < -0.39 is 0 Å². The van der Waals surface area contributed by atoms with Crippen LogP contribution in [0.5, 0.6) is 5.75 Å². The third-order valence-electron chi connectivity index (χ3n) is 5.75. The molecule has 0 amide bonds. The summed E-state index contributed by atoms with van der Waals surface area (Å²) in [6.45, 7) is 5.18. The number of benzene rings is 2. The molecule has 0 N–H and O–H groups in total. The quantitative estimate of drug-likeness (QED) is 0.468. The number of hydrogen-bond donors (Lipinski definition) is 0. The molecular formula is C27H34O. The summed E-state index contributed by atoms with van der Waals surface area (Å²) < 4.78 is 5.70. The number of ether oxygens (including phenoxy) is 1. The highest BCUT2D eigenvalue weighted by Gasteiger charge is 2.21. The van der Waals surface area contributed by atoms with Gasteiger partial charge in [-0.05, 0) is 86.3 Å². The fourth-order valence-corrected chi connectivity index (χ4v) is 3.95. The third-order valence-corrected chi connectivity index (χ3v) is 5.75. The summed E-state index contributed by atoms with van der Waals surface area (Å²) in [6, 6.07) is 17.6. The van der Waals surface area contributed by atoms with Gasteiger partial charge in [0.05, 0.1) is 6.61 Å². The number of unbranched alkanes of at least 4 members (excludes halogenated alkanes) is 1. The average molecular weight is 375 g/mol.